The predicted octanol–water partition coefficient (Wildman–Crippen LogP) is 1.68. The molecule has 5 rings (SSSR count). The summed E-state index contributed by atoms with van der Waals surface area (Å²) in [6, 6.07) is 5.59. The van der Waals surface area contributed by atoms with Crippen LogP contribution in [0.5, 0.6) is 5.75 Å². The summed E-state index contributed by atoms with van der Waals surface area (Å²) in [5, 5.41) is 26.4. The molecule has 3 heterocycles. The van der Waals surface area contributed by atoms with Gasteiger partial charge in [-0.15, -0.1) is 4.83 Å². The Kier molecular flexibility index (Phi) is 10.9. The summed E-state index contributed by atoms with van der Waals surface area (Å²) in [6.07, 6.45) is 2.31. The van der Waals surface area contributed by atoms with Crippen molar-refractivity contribution in [2.45, 2.75) is 89.1 Å². The highest BCUT2D eigenvalue weighted by Gasteiger charge is 2.54. The summed E-state index contributed by atoms with van der Waals surface area (Å²) in [7, 11) is -6.64. The Labute approximate surface area is 283 Å². The van der Waals surface area contributed by atoms with Gasteiger partial charge in [-0.25, -0.2) is 18.0 Å². The lowest BCUT2D eigenvalue weighted by molar-refractivity contribution is -0.152. The number of esters is 1. The van der Waals surface area contributed by atoms with Crippen molar-refractivity contribution in [2.24, 2.45) is 0 Å². The zero-order chi connectivity index (χ0) is 35.7. The highest BCUT2D eigenvalue weighted by molar-refractivity contribution is 7.88. The third-order valence-corrected chi connectivity index (χ3v) is 10.5. The molecule has 270 valence electrons. The highest BCUT2D eigenvalue weighted by Crippen LogP contribution is 2.47. The largest absolute Gasteiger partial charge is 0.461 e. The molecule has 0 spiro atoms. The first-order chi connectivity index (χ1) is 23.0. The van der Waals surface area contributed by atoms with Gasteiger partial charge in [0.15, 0.2) is 23.2 Å². The number of nitrogens with one attached hydrogen (secondary N) is 2. The molecule has 0 radical (unpaired) electrons. The van der Waals surface area contributed by atoms with Crippen LogP contribution in [0.2, 0.25) is 0 Å². The number of aliphatic hydroxyl groups is 2. The number of nitrogen functional groups attached to an aromatic ring is 1. The summed E-state index contributed by atoms with van der Waals surface area (Å²) in [4.78, 5) is 27.8. The summed E-state index contributed by atoms with van der Waals surface area (Å²) < 4.78 is 62.3. The topological polar surface area (TPSA) is 243 Å². The Balaban J connectivity index is 1.36. The van der Waals surface area contributed by atoms with E-state index in [2.05, 4.69) is 24.9 Å². The number of aryl methyl sites for hydroxylation is 1. The number of hydrazine groups is 1. The first-order valence-corrected chi connectivity index (χ1v) is 19.2. The molecule has 1 saturated carbocycles. The maximum absolute atomic E-state index is 14.2. The number of aliphatic hydroxyl groups excluding tert-OH is 1. The van der Waals surface area contributed by atoms with Crippen LogP contribution in [0.15, 0.2) is 30.6 Å². The molecule has 18 nitrogen and oxygen atoms in total. The van der Waals surface area contributed by atoms with E-state index < -0.39 is 60.4 Å². The van der Waals surface area contributed by atoms with Crippen LogP contribution < -0.4 is 25.2 Å². The quantitative estimate of drug-likeness (QED) is 0.0956. The number of carbonyl (C=O) groups is 1. The van der Waals surface area contributed by atoms with Gasteiger partial charge < -0.3 is 29.9 Å². The Morgan fingerprint density at radius 2 is 1.92 bits per heavy atom. The van der Waals surface area contributed by atoms with Crippen molar-refractivity contribution in [1.29, 1.82) is 0 Å². The molecule has 20 heteroatoms. The van der Waals surface area contributed by atoms with Crippen LogP contribution in [0.25, 0.3) is 11.2 Å². The Morgan fingerprint density at radius 3 is 2.57 bits per heavy atom. The number of fused-ring (bicyclic) bond motifs is 1. The van der Waals surface area contributed by atoms with Crippen LogP contribution in [0.1, 0.15) is 57.7 Å². The van der Waals surface area contributed by atoms with Gasteiger partial charge in [-0.2, -0.15) is 15.1 Å². The van der Waals surface area contributed by atoms with Gasteiger partial charge in [-0.05, 0) is 58.6 Å². The van der Waals surface area contributed by atoms with E-state index in [0.29, 0.717) is 0 Å². The van der Waals surface area contributed by atoms with E-state index in [-0.39, 0.29) is 34.8 Å². The average Bonchev–Trinajstić information content (AvgIpc) is 3.53. The van der Waals surface area contributed by atoms with Gasteiger partial charge in [0.05, 0.1) is 19.2 Å². The zero-order valence-corrected chi connectivity index (χ0v) is 29.6. The number of sulfonamides is 1. The van der Waals surface area contributed by atoms with Gasteiger partial charge in [0.2, 0.25) is 16.0 Å². The third-order valence-electron chi connectivity index (χ3n) is 8.24. The Bertz CT molecular complexity index is 1800. The fraction of sp³-hybridized carbons (Fsp3) is 0.586. The van der Waals surface area contributed by atoms with Crippen molar-refractivity contribution < 1.29 is 46.5 Å². The molecule has 3 aromatic rings. The van der Waals surface area contributed by atoms with Crippen LogP contribution in [0.4, 0.5) is 11.8 Å². The summed E-state index contributed by atoms with van der Waals surface area (Å²) in [6.45, 7) is 4.12. The van der Waals surface area contributed by atoms with Crippen molar-refractivity contribution >= 4 is 46.7 Å². The number of nitrogens with zero attached hydrogens (tertiary/aromatic N) is 5. The number of nitrogens with two attached hydrogens (primary N) is 1. The maximum Gasteiger partial charge on any atom is 0.459 e. The molecule has 1 aromatic carbocycles. The second-order valence-corrected chi connectivity index (χ2v) is 16.0. The molecule has 6 atom stereocenters. The van der Waals surface area contributed by atoms with Gasteiger partial charge in [0, 0.05) is 7.05 Å². The van der Waals surface area contributed by atoms with Gasteiger partial charge >= 0.3 is 13.7 Å². The van der Waals surface area contributed by atoms with Crippen molar-refractivity contribution in [2.75, 3.05) is 30.7 Å². The monoisotopic (exact) mass is 726 g/mol. The van der Waals surface area contributed by atoms with Gasteiger partial charge in [0.1, 0.15) is 35.7 Å². The van der Waals surface area contributed by atoms with Crippen molar-refractivity contribution in [3.63, 3.8) is 0 Å². The molecular weight excluding hydrogens is 683 g/mol. The summed E-state index contributed by atoms with van der Waals surface area (Å²) in [5.74, 6) is -0.643. The van der Waals surface area contributed by atoms with E-state index in [9.17, 15) is 28.0 Å². The molecule has 0 amide bonds. The molecule has 4 unspecified atom stereocenters. The zero-order valence-electron chi connectivity index (χ0n) is 27.8. The normalized spacial score (nSPS) is 25.2. The number of imidazole rings is 1. The van der Waals surface area contributed by atoms with Crippen LogP contribution in [0.3, 0.4) is 0 Å². The number of hydrogen-bond acceptors (Lipinski definition) is 15. The predicted molar refractivity (Wildman–Crippen MR) is 178 cm³/mol. The van der Waals surface area contributed by atoms with Gasteiger partial charge in [-0.3, -0.25) is 18.9 Å². The number of anilines is 2. The van der Waals surface area contributed by atoms with Crippen LogP contribution in [0, 0.1) is 6.92 Å². The number of rotatable bonds is 13. The van der Waals surface area contributed by atoms with Crippen molar-refractivity contribution in [3.05, 3.63) is 36.2 Å². The third kappa shape index (κ3) is 8.67. The molecule has 1 aliphatic heterocycles. The number of benzene rings is 1. The first-order valence-electron chi connectivity index (χ1n) is 15.7. The molecule has 1 saturated heterocycles. The molecule has 2 aromatic heterocycles. The number of ether oxygens (including phenoxy) is 2. The standard InChI is InChI=1S/C29H43N8O10PS/c1-17-11-13-20(14-12-17)47-48(41,34-18(2)26(39)45-19-9-7-6-8-10-19)44-15-21-23(38)29(3,40)27(46-21)37-16-31-22-24(32-28(30)33-25(22)37)36(4)35-49(5,42)43/h11-14,16,18-19,21,23,27,35,38,40H,6-10,15H2,1-5H3,(H,34,41)(H2,30,32,33)/t18?,21?,23-,27?,29-,48?/m1/s1. The van der Waals surface area contributed by atoms with E-state index in [4.69, 9.17) is 24.3 Å². The van der Waals surface area contributed by atoms with Crippen molar-refractivity contribution in [3.8, 4) is 5.75 Å². The lowest BCUT2D eigenvalue weighted by Gasteiger charge is -2.28. The van der Waals surface area contributed by atoms with Crippen LogP contribution >= 0.6 is 7.75 Å². The molecular formula is C29H43N8O10PS. The van der Waals surface area contributed by atoms with E-state index in [1.165, 1.54) is 31.8 Å². The SMILES string of the molecule is Cc1ccc(OP(=O)(NC(C)C(=O)OC2CCCCC2)OCC2OC(n3cnc4c(N(C)NS(C)(=O)=O)nc(N)nc43)[C@](C)(O)[C@@H]2O)cc1. The lowest BCUT2D eigenvalue weighted by atomic mass is 9.96. The summed E-state index contributed by atoms with van der Waals surface area (Å²) >= 11 is 0. The van der Waals surface area contributed by atoms with Gasteiger partial charge in [0.25, 0.3) is 0 Å². The fourth-order valence-corrected chi connectivity index (χ4v) is 7.82. The Morgan fingerprint density at radius 1 is 1.24 bits per heavy atom. The molecule has 6 N–H and O–H groups in total. The van der Waals surface area contributed by atoms with Crippen LogP contribution in [-0.2, 0) is 33.4 Å². The average molecular weight is 727 g/mol. The van der Waals surface area contributed by atoms with Gasteiger partial charge in [-0.1, -0.05) is 24.1 Å². The first kappa shape index (κ1) is 36.9. The molecule has 0 bridgehead atoms. The number of aromatic nitrogens is 4. The fourth-order valence-electron chi connectivity index (χ4n) is 5.73. The minimum absolute atomic E-state index is 0.0150. The van der Waals surface area contributed by atoms with E-state index in [0.717, 1.165) is 48.9 Å². The molecule has 2 aliphatic rings. The summed E-state index contributed by atoms with van der Waals surface area (Å²) in [5.41, 5.74) is 5.05. The molecule has 2 fully saturated rings. The Hall–Kier alpha value is -3.42. The minimum Gasteiger partial charge on any atom is -0.461 e. The highest BCUT2D eigenvalue weighted by atomic mass is 32.2. The second-order valence-electron chi connectivity index (χ2n) is 12.6. The smallest absolute Gasteiger partial charge is 0.459 e. The van der Waals surface area contributed by atoms with E-state index in [1.807, 2.05) is 6.92 Å². The molecule has 49 heavy (non-hydrogen) atoms. The minimum atomic E-state index is -4.34. The van der Waals surface area contributed by atoms with E-state index in [1.54, 1.807) is 24.3 Å². The molecule has 1 aliphatic carbocycles. The lowest BCUT2D eigenvalue weighted by Crippen LogP contribution is -2.44. The second kappa shape index (κ2) is 14.4. The maximum atomic E-state index is 14.2. The number of carbonyl (C=O) groups excluding carboxylic acids is 1. The van der Waals surface area contributed by atoms with E-state index >= 15 is 0 Å². The van der Waals surface area contributed by atoms with Crippen LogP contribution in [-0.4, -0.2) is 94.0 Å². The number of hydrogen-bond donors (Lipinski definition) is 5. The van der Waals surface area contributed by atoms with Crippen molar-refractivity contribution in [1.82, 2.24) is 29.4 Å².